The summed E-state index contributed by atoms with van der Waals surface area (Å²) in [4.78, 5) is 23.7. The maximum Gasteiger partial charge on any atom is 0.314 e. The number of nitrogens with two attached hydrogens (primary N) is 1. The number of β-amino-alcohol motifs (C(OH)–C–C–N with tert-alkyl or cyclic N) is 1. The standard InChI is InChI=1S/C45H80N6O5/c1-3-38-22-16-17-27-44(56-38)33-36-24-25-39-41(45(28-19-21-35(2)55-45)49-43(48-44)51(36)39)42(53)54-32-18-14-12-10-8-6-4-5-7-9-11-13-15-23-40-47-30-20-31-50(40)34-37(52)26-29-46/h16,22,35-39,41,43,48-49,52H,3-15,17-21,23-34,46H2,1-2H3. The van der Waals surface area contributed by atoms with Crippen molar-refractivity contribution < 1.29 is 24.1 Å². The van der Waals surface area contributed by atoms with Gasteiger partial charge in [0.05, 0.1) is 30.8 Å². The monoisotopic (exact) mass is 785 g/mol. The van der Waals surface area contributed by atoms with Gasteiger partial charge in [-0.25, -0.2) is 0 Å². The highest BCUT2D eigenvalue weighted by Crippen LogP contribution is 2.49. The van der Waals surface area contributed by atoms with E-state index in [-0.39, 0.29) is 48.3 Å². The number of aliphatic hydroxyl groups excluding tert-OH is 1. The average molecular weight is 785 g/mol. The molecule has 2 spiro atoms. The highest BCUT2D eigenvalue weighted by Gasteiger charge is 2.63. The van der Waals surface area contributed by atoms with E-state index < -0.39 is 5.72 Å². The average Bonchev–Trinajstić information content (AvgIpc) is 3.49. The topological polar surface area (TPSA) is 134 Å². The van der Waals surface area contributed by atoms with Crippen molar-refractivity contribution >= 4 is 11.8 Å². The summed E-state index contributed by atoms with van der Waals surface area (Å²) < 4.78 is 19.8. The molecule has 0 amide bonds. The first kappa shape index (κ1) is 44.0. The number of carbonyl (C=O) groups excluding carboxylic acids is 1. The largest absolute Gasteiger partial charge is 0.465 e. The summed E-state index contributed by atoms with van der Waals surface area (Å²) in [6.45, 7) is 8.01. The summed E-state index contributed by atoms with van der Waals surface area (Å²) in [7, 11) is 0. The zero-order chi connectivity index (χ0) is 39.2. The number of carbonyl (C=O) groups is 1. The number of ether oxygens (including phenoxy) is 3. The van der Waals surface area contributed by atoms with E-state index in [1.807, 2.05) is 0 Å². The van der Waals surface area contributed by atoms with Gasteiger partial charge in [-0.05, 0) is 90.5 Å². The minimum atomic E-state index is -0.711. The van der Waals surface area contributed by atoms with E-state index in [0.717, 1.165) is 96.6 Å². The first-order valence-corrected chi connectivity index (χ1v) is 23.5. The van der Waals surface area contributed by atoms with Gasteiger partial charge in [0, 0.05) is 44.6 Å². The number of nitrogens with one attached hydrogen (secondary N) is 2. The van der Waals surface area contributed by atoms with Crippen molar-refractivity contribution in [2.24, 2.45) is 16.6 Å². The fraction of sp³-hybridized carbons (Fsp3) is 0.911. The van der Waals surface area contributed by atoms with Gasteiger partial charge in [-0.1, -0.05) is 89.7 Å². The molecule has 11 nitrogen and oxygen atoms in total. The lowest BCUT2D eigenvalue weighted by Gasteiger charge is -2.60. The Labute approximate surface area is 339 Å². The van der Waals surface area contributed by atoms with Crippen LogP contribution in [-0.2, 0) is 19.0 Å². The molecule has 56 heavy (non-hydrogen) atoms. The molecule has 0 aliphatic carbocycles. The van der Waals surface area contributed by atoms with Crippen molar-refractivity contribution in [3.8, 4) is 0 Å². The third kappa shape index (κ3) is 11.8. The second kappa shape index (κ2) is 22.1. The number of aliphatic imine (C=N–C) groups is 1. The van der Waals surface area contributed by atoms with Crippen LogP contribution in [0.2, 0.25) is 0 Å². The minimum absolute atomic E-state index is 0.0722. The first-order valence-electron chi connectivity index (χ1n) is 23.5. The highest BCUT2D eigenvalue weighted by atomic mass is 16.6. The molecule has 0 saturated carbocycles. The second-order valence-corrected chi connectivity index (χ2v) is 18.2. The molecule has 11 heteroatoms. The van der Waals surface area contributed by atoms with Crippen LogP contribution in [0.5, 0.6) is 0 Å². The van der Waals surface area contributed by atoms with Crippen molar-refractivity contribution in [3.05, 3.63) is 12.2 Å². The van der Waals surface area contributed by atoms with Crippen LogP contribution in [-0.4, -0.2) is 108 Å². The molecular formula is C45H80N6O5. The van der Waals surface area contributed by atoms with Gasteiger partial charge < -0.3 is 30.0 Å². The third-order valence-corrected chi connectivity index (χ3v) is 13.8. The lowest BCUT2D eigenvalue weighted by molar-refractivity contribution is -0.255. The Morgan fingerprint density at radius 3 is 2.43 bits per heavy atom. The summed E-state index contributed by atoms with van der Waals surface area (Å²) >= 11 is 0. The van der Waals surface area contributed by atoms with Crippen molar-refractivity contribution in [2.75, 3.05) is 32.8 Å². The van der Waals surface area contributed by atoms with Crippen LogP contribution >= 0.6 is 0 Å². The molecule has 0 aromatic heterocycles. The van der Waals surface area contributed by atoms with E-state index in [0.29, 0.717) is 32.2 Å². The van der Waals surface area contributed by atoms with Gasteiger partial charge in [-0.15, -0.1) is 0 Å². The Kier molecular flexibility index (Phi) is 17.4. The number of hydrogen-bond donors (Lipinski definition) is 4. The SMILES string of the molecule is CCC1C=CCCC2(CC3CCC4C(C(=O)OCCCCCCCCCCCCCCCC5=NCCCN5CC(O)CCN)C5(CCCC(C)O5)NC(N2)N34)O1. The van der Waals surface area contributed by atoms with E-state index >= 15 is 0 Å². The number of amidine groups is 1. The summed E-state index contributed by atoms with van der Waals surface area (Å²) in [6.07, 6.45) is 32.3. The molecule has 6 heterocycles. The summed E-state index contributed by atoms with van der Waals surface area (Å²) in [6, 6.07) is 0.489. The van der Waals surface area contributed by atoms with Gasteiger partial charge in [0.1, 0.15) is 23.7 Å². The molecule has 4 saturated heterocycles. The second-order valence-electron chi connectivity index (χ2n) is 18.2. The Morgan fingerprint density at radius 1 is 0.982 bits per heavy atom. The number of unbranched alkanes of at least 4 members (excludes halogenated alkanes) is 12. The Hall–Kier alpha value is -1.60. The molecule has 320 valence electrons. The maximum atomic E-state index is 14.1. The predicted octanol–water partition coefficient (Wildman–Crippen LogP) is 7.26. The molecule has 6 aliphatic rings. The maximum absolute atomic E-state index is 14.1. The molecule has 0 radical (unpaired) electrons. The number of allylic oxidation sites excluding steroid dienone is 1. The number of rotatable bonds is 22. The normalized spacial score (nSPS) is 33.7. The van der Waals surface area contributed by atoms with Crippen LogP contribution in [0.15, 0.2) is 17.1 Å². The molecule has 5 N–H and O–H groups in total. The molecular weight excluding hydrogens is 705 g/mol. The van der Waals surface area contributed by atoms with Gasteiger partial charge >= 0.3 is 5.97 Å². The summed E-state index contributed by atoms with van der Waals surface area (Å²) in [5, 5.41) is 18.1. The molecule has 0 bridgehead atoms. The van der Waals surface area contributed by atoms with Crippen molar-refractivity contribution in [3.63, 3.8) is 0 Å². The summed E-state index contributed by atoms with van der Waals surface area (Å²) in [5.74, 6) is 0.805. The van der Waals surface area contributed by atoms with Crippen LogP contribution in [0.3, 0.4) is 0 Å². The molecule has 0 aromatic carbocycles. The number of hydrogen-bond acceptors (Lipinski definition) is 11. The predicted molar refractivity (Wildman–Crippen MR) is 224 cm³/mol. The van der Waals surface area contributed by atoms with Crippen molar-refractivity contribution in [2.45, 2.75) is 223 Å². The van der Waals surface area contributed by atoms with Gasteiger partial charge in [0.15, 0.2) is 0 Å². The molecule has 0 aromatic rings. The van der Waals surface area contributed by atoms with E-state index in [1.54, 1.807) is 0 Å². The smallest absolute Gasteiger partial charge is 0.314 e. The number of aliphatic hydroxyl groups is 1. The van der Waals surface area contributed by atoms with Crippen molar-refractivity contribution in [1.82, 2.24) is 20.4 Å². The molecule has 6 aliphatic heterocycles. The molecule has 6 rings (SSSR count). The van der Waals surface area contributed by atoms with Gasteiger partial charge in [-0.3, -0.25) is 25.3 Å². The Balaban J connectivity index is 0.830. The van der Waals surface area contributed by atoms with E-state index in [9.17, 15) is 9.90 Å². The van der Waals surface area contributed by atoms with Gasteiger partial charge in [0.2, 0.25) is 0 Å². The Morgan fingerprint density at radius 2 is 1.71 bits per heavy atom. The fourth-order valence-corrected chi connectivity index (χ4v) is 10.9. The van der Waals surface area contributed by atoms with Crippen LogP contribution in [0.4, 0.5) is 0 Å². The van der Waals surface area contributed by atoms with Crippen LogP contribution in [0, 0.1) is 5.92 Å². The van der Waals surface area contributed by atoms with E-state index in [4.69, 9.17) is 24.9 Å². The van der Waals surface area contributed by atoms with Crippen molar-refractivity contribution in [1.29, 1.82) is 0 Å². The van der Waals surface area contributed by atoms with Gasteiger partial charge in [0.25, 0.3) is 0 Å². The fourth-order valence-electron chi connectivity index (χ4n) is 10.9. The minimum Gasteiger partial charge on any atom is -0.465 e. The summed E-state index contributed by atoms with van der Waals surface area (Å²) in [5.41, 5.74) is 4.55. The Bertz CT molecular complexity index is 1250. The van der Waals surface area contributed by atoms with Crippen LogP contribution in [0.1, 0.15) is 174 Å². The van der Waals surface area contributed by atoms with E-state index in [2.05, 4.69) is 46.4 Å². The zero-order valence-electron chi connectivity index (χ0n) is 35.4. The quantitative estimate of drug-likeness (QED) is 0.0505. The van der Waals surface area contributed by atoms with Crippen LogP contribution < -0.4 is 16.4 Å². The molecule has 9 atom stereocenters. The molecule has 4 fully saturated rings. The number of nitrogens with zero attached hydrogens (tertiary/aromatic N) is 3. The zero-order valence-corrected chi connectivity index (χ0v) is 35.4. The molecule has 9 unspecified atom stereocenters. The lowest BCUT2D eigenvalue weighted by Crippen LogP contribution is -2.81. The number of esters is 1. The van der Waals surface area contributed by atoms with E-state index in [1.165, 1.54) is 76.5 Å². The third-order valence-electron chi connectivity index (χ3n) is 13.8. The highest BCUT2D eigenvalue weighted by molar-refractivity contribution is 5.82. The first-order chi connectivity index (χ1) is 27.4. The lowest BCUT2D eigenvalue weighted by atomic mass is 9.79. The van der Waals surface area contributed by atoms with Gasteiger partial charge in [-0.2, -0.15) is 0 Å². The van der Waals surface area contributed by atoms with Crippen LogP contribution in [0.25, 0.3) is 0 Å².